The molecule has 2 heterocycles. The number of pyridine rings is 1. The van der Waals surface area contributed by atoms with E-state index in [1.165, 1.54) is 5.56 Å². The number of carbonyl (C=O) groups is 1. The predicted octanol–water partition coefficient (Wildman–Crippen LogP) is 3.54. The molecule has 7 nitrogen and oxygen atoms in total. The molecule has 0 spiro atoms. The van der Waals surface area contributed by atoms with Crippen LogP contribution in [0.25, 0.3) is 0 Å². The Labute approximate surface area is 214 Å². The summed E-state index contributed by atoms with van der Waals surface area (Å²) >= 11 is 0. The summed E-state index contributed by atoms with van der Waals surface area (Å²) in [6.45, 7) is 6.90. The minimum atomic E-state index is 0. The van der Waals surface area contributed by atoms with Gasteiger partial charge in [-0.2, -0.15) is 0 Å². The molecular weight excluding hydrogens is 527 g/mol. The highest BCUT2D eigenvalue weighted by atomic mass is 127. The van der Waals surface area contributed by atoms with E-state index >= 15 is 0 Å². The van der Waals surface area contributed by atoms with Gasteiger partial charge in [0, 0.05) is 57.8 Å². The lowest BCUT2D eigenvalue weighted by Gasteiger charge is -2.16. The number of likely N-dealkylation sites (tertiary alicyclic amines) is 1. The second-order valence-corrected chi connectivity index (χ2v) is 8.14. The van der Waals surface area contributed by atoms with E-state index in [1.807, 2.05) is 41.3 Å². The maximum Gasteiger partial charge on any atom is 0.223 e. The first kappa shape index (κ1) is 26.9. The number of anilines is 1. The van der Waals surface area contributed by atoms with Crippen LogP contribution in [0.2, 0.25) is 0 Å². The van der Waals surface area contributed by atoms with Crippen LogP contribution in [0.4, 0.5) is 5.82 Å². The smallest absolute Gasteiger partial charge is 0.223 e. The summed E-state index contributed by atoms with van der Waals surface area (Å²) in [7, 11) is 0. The molecule has 0 aliphatic carbocycles. The number of halogens is 1. The molecule has 3 N–H and O–H groups in total. The quantitative estimate of drug-likeness (QED) is 0.159. The standard InChI is InChI=1S/C25H36N6O.HI/c1-2-26-25(29-16-9-8-15-28-23-12-6-7-14-27-23)30-19-22-18-24(32)31(20-22)17-13-21-10-4-3-5-11-21;/h3-7,10-12,14,22H,2,8-9,13,15-20H2,1H3,(H,27,28)(H2,26,29,30);1H. The fourth-order valence-electron chi connectivity index (χ4n) is 3.80. The molecule has 1 atom stereocenters. The van der Waals surface area contributed by atoms with Gasteiger partial charge in [-0.3, -0.25) is 9.79 Å². The summed E-state index contributed by atoms with van der Waals surface area (Å²) in [6, 6.07) is 16.2. The molecule has 1 aromatic carbocycles. The van der Waals surface area contributed by atoms with E-state index < -0.39 is 0 Å². The summed E-state index contributed by atoms with van der Waals surface area (Å²) in [4.78, 5) is 23.4. The van der Waals surface area contributed by atoms with Crippen LogP contribution in [0.1, 0.15) is 31.7 Å². The number of amides is 1. The van der Waals surface area contributed by atoms with Crippen molar-refractivity contribution in [1.29, 1.82) is 0 Å². The summed E-state index contributed by atoms with van der Waals surface area (Å²) in [5.74, 6) is 2.29. The predicted molar refractivity (Wildman–Crippen MR) is 146 cm³/mol. The monoisotopic (exact) mass is 564 g/mol. The molecule has 1 fully saturated rings. The van der Waals surface area contributed by atoms with E-state index in [1.54, 1.807) is 6.20 Å². The van der Waals surface area contributed by atoms with Gasteiger partial charge in [0.15, 0.2) is 5.96 Å². The molecule has 33 heavy (non-hydrogen) atoms. The largest absolute Gasteiger partial charge is 0.370 e. The highest BCUT2D eigenvalue weighted by Gasteiger charge is 2.28. The van der Waals surface area contributed by atoms with Crippen molar-refractivity contribution in [2.45, 2.75) is 32.6 Å². The molecule has 180 valence electrons. The molecule has 1 aromatic heterocycles. The number of guanidine groups is 1. The van der Waals surface area contributed by atoms with Gasteiger partial charge in [-0.05, 0) is 43.9 Å². The minimum Gasteiger partial charge on any atom is -0.370 e. The number of nitrogens with zero attached hydrogens (tertiary/aromatic N) is 3. The van der Waals surface area contributed by atoms with Crippen molar-refractivity contribution in [3.63, 3.8) is 0 Å². The number of aromatic nitrogens is 1. The van der Waals surface area contributed by atoms with Crippen molar-refractivity contribution >= 4 is 41.7 Å². The summed E-state index contributed by atoms with van der Waals surface area (Å²) in [5.41, 5.74) is 1.27. The Kier molecular flexibility index (Phi) is 12.6. The number of nitrogens with one attached hydrogen (secondary N) is 3. The van der Waals surface area contributed by atoms with Gasteiger partial charge in [-0.25, -0.2) is 4.98 Å². The van der Waals surface area contributed by atoms with Gasteiger partial charge in [-0.15, -0.1) is 24.0 Å². The van der Waals surface area contributed by atoms with Gasteiger partial charge in [0.05, 0.1) is 0 Å². The number of rotatable bonds is 12. The summed E-state index contributed by atoms with van der Waals surface area (Å²) < 4.78 is 0. The molecule has 1 aliphatic heterocycles. The average molecular weight is 565 g/mol. The van der Waals surface area contributed by atoms with E-state index in [0.717, 1.165) is 63.8 Å². The molecule has 2 aromatic rings. The SMILES string of the molecule is CCNC(=NCC1CC(=O)N(CCc2ccccc2)C1)NCCCCNc1ccccn1.I. The molecule has 1 unspecified atom stereocenters. The van der Waals surface area contributed by atoms with E-state index in [2.05, 4.69) is 40.0 Å². The Bertz CT molecular complexity index is 833. The summed E-state index contributed by atoms with van der Waals surface area (Å²) in [5, 5.41) is 10.0. The Hall–Kier alpha value is -2.36. The van der Waals surface area contributed by atoms with Crippen LogP contribution in [0, 0.1) is 5.92 Å². The third kappa shape index (κ3) is 9.98. The first-order valence-electron chi connectivity index (χ1n) is 11.7. The van der Waals surface area contributed by atoms with Gasteiger partial charge in [0.25, 0.3) is 0 Å². The molecule has 8 heteroatoms. The number of aliphatic imine (C=N–C) groups is 1. The number of unbranched alkanes of at least 4 members (excludes halogenated alkanes) is 1. The topological polar surface area (TPSA) is 81.7 Å². The van der Waals surface area contributed by atoms with Crippen molar-refractivity contribution in [1.82, 2.24) is 20.5 Å². The second kappa shape index (κ2) is 15.5. The molecule has 1 aliphatic rings. The van der Waals surface area contributed by atoms with Crippen molar-refractivity contribution in [2.24, 2.45) is 10.9 Å². The number of benzene rings is 1. The van der Waals surface area contributed by atoms with E-state index in [0.29, 0.717) is 13.0 Å². The fourth-order valence-corrected chi connectivity index (χ4v) is 3.80. The zero-order valence-electron chi connectivity index (χ0n) is 19.5. The molecule has 1 amide bonds. The van der Waals surface area contributed by atoms with Gasteiger partial charge < -0.3 is 20.9 Å². The van der Waals surface area contributed by atoms with Crippen LogP contribution >= 0.6 is 24.0 Å². The Morgan fingerprint density at radius 3 is 2.64 bits per heavy atom. The third-order valence-electron chi connectivity index (χ3n) is 5.53. The lowest BCUT2D eigenvalue weighted by Crippen LogP contribution is -2.38. The van der Waals surface area contributed by atoms with Gasteiger partial charge in [-0.1, -0.05) is 36.4 Å². The van der Waals surface area contributed by atoms with Crippen LogP contribution in [-0.2, 0) is 11.2 Å². The van der Waals surface area contributed by atoms with Crippen LogP contribution < -0.4 is 16.0 Å². The van der Waals surface area contributed by atoms with Crippen LogP contribution in [0.15, 0.2) is 59.7 Å². The van der Waals surface area contributed by atoms with E-state index in [9.17, 15) is 4.79 Å². The van der Waals surface area contributed by atoms with E-state index in [4.69, 9.17) is 4.99 Å². The van der Waals surface area contributed by atoms with Crippen molar-refractivity contribution in [2.75, 3.05) is 44.6 Å². The first-order chi connectivity index (χ1) is 15.7. The number of carbonyl (C=O) groups excluding carboxylic acids is 1. The van der Waals surface area contributed by atoms with Crippen LogP contribution in [0.3, 0.4) is 0 Å². The second-order valence-electron chi connectivity index (χ2n) is 8.14. The van der Waals surface area contributed by atoms with Crippen molar-refractivity contribution < 1.29 is 4.79 Å². The molecule has 1 saturated heterocycles. The van der Waals surface area contributed by atoms with Crippen LogP contribution in [-0.4, -0.2) is 61.0 Å². The van der Waals surface area contributed by atoms with Gasteiger partial charge in [0.1, 0.15) is 5.82 Å². The zero-order chi connectivity index (χ0) is 22.4. The lowest BCUT2D eigenvalue weighted by molar-refractivity contribution is -0.127. The van der Waals surface area contributed by atoms with E-state index in [-0.39, 0.29) is 35.8 Å². The molecular formula is C25H37IN6O. The molecule has 3 rings (SSSR count). The zero-order valence-corrected chi connectivity index (χ0v) is 21.8. The molecule has 0 bridgehead atoms. The molecule has 0 radical (unpaired) electrons. The Morgan fingerprint density at radius 1 is 1.09 bits per heavy atom. The number of hydrogen-bond acceptors (Lipinski definition) is 4. The highest BCUT2D eigenvalue weighted by Crippen LogP contribution is 2.18. The fraction of sp³-hybridized carbons (Fsp3) is 0.480. The minimum absolute atomic E-state index is 0. The van der Waals surface area contributed by atoms with Crippen LogP contribution in [0.5, 0.6) is 0 Å². The highest BCUT2D eigenvalue weighted by molar-refractivity contribution is 14.0. The normalized spacial score (nSPS) is 15.8. The van der Waals surface area contributed by atoms with Crippen molar-refractivity contribution in [3.8, 4) is 0 Å². The number of hydrogen-bond donors (Lipinski definition) is 3. The molecule has 0 saturated carbocycles. The lowest BCUT2D eigenvalue weighted by atomic mass is 10.1. The van der Waals surface area contributed by atoms with Gasteiger partial charge >= 0.3 is 0 Å². The third-order valence-corrected chi connectivity index (χ3v) is 5.53. The maximum atomic E-state index is 12.4. The Morgan fingerprint density at radius 2 is 1.88 bits per heavy atom. The first-order valence-corrected chi connectivity index (χ1v) is 11.7. The van der Waals surface area contributed by atoms with Crippen molar-refractivity contribution in [3.05, 3.63) is 60.3 Å². The van der Waals surface area contributed by atoms with Gasteiger partial charge in [0.2, 0.25) is 5.91 Å². The maximum absolute atomic E-state index is 12.4. The average Bonchev–Trinajstić information content (AvgIpc) is 3.19. The summed E-state index contributed by atoms with van der Waals surface area (Å²) in [6.07, 6.45) is 5.39. The Balaban J connectivity index is 0.00000385.